The van der Waals surface area contributed by atoms with Gasteiger partial charge in [0, 0.05) is 30.6 Å². The van der Waals surface area contributed by atoms with E-state index in [1.165, 1.54) is 0 Å². The van der Waals surface area contributed by atoms with Gasteiger partial charge in [0.25, 0.3) is 0 Å². The summed E-state index contributed by atoms with van der Waals surface area (Å²) in [5.74, 6) is -3.63. The van der Waals surface area contributed by atoms with Gasteiger partial charge >= 0.3 is 11.9 Å². The number of carboxylic acids is 2. The highest BCUT2D eigenvalue weighted by atomic mass is 32.1. The zero-order valence-corrected chi connectivity index (χ0v) is 17.8. The molecule has 6 N–H and O–H groups in total. The van der Waals surface area contributed by atoms with Crippen LogP contribution in [-0.2, 0) is 25.7 Å². The Morgan fingerprint density at radius 1 is 1.10 bits per heavy atom. The monoisotopic (exact) mass is 442 g/mol. The molecule has 0 spiro atoms. The van der Waals surface area contributed by atoms with Crippen LogP contribution in [-0.4, -0.2) is 62.4 Å². The van der Waals surface area contributed by atoms with Crippen molar-refractivity contribution < 1.29 is 29.4 Å². The summed E-state index contributed by atoms with van der Waals surface area (Å²) in [5, 5.41) is 23.0. The first kappa shape index (κ1) is 25.5. The van der Waals surface area contributed by atoms with E-state index in [-0.39, 0.29) is 25.0 Å². The largest absolute Gasteiger partial charge is 0.480 e. The number of nitrogens with two attached hydrogens (primary N) is 1. The van der Waals surface area contributed by atoms with Crippen molar-refractivity contribution in [2.24, 2.45) is 5.73 Å². The SMILES string of the molecule is Cc1cccn1CCCCC(NC(=O)C(CS)NC(=O)CCC(N)C(=O)O)C(=O)O. The summed E-state index contributed by atoms with van der Waals surface area (Å²) in [7, 11) is 0. The highest BCUT2D eigenvalue weighted by Crippen LogP contribution is 2.07. The summed E-state index contributed by atoms with van der Waals surface area (Å²) in [5.41, 5.74) is 6.46. The molecule has 168 valence electrons. The molecular weight excluding hydrogens is 412 g/mol. The molecule has 0 aliphatic carbocycles. The Bertz CT molecular complexity index is 738. The van der Waals surface area contributed by atoms with Gasteiger partial charge in [-0.2, -0.15) is 12.6 Å². The average Bonchev–Trinajstić information content (AvgIpc) is 3.10. The lowest BCUT2D eigenvalue weighted by Gasteiger charge is -2.20. The second-order valence-corrected chi connectivity index (χ2v) is 7.39. The van der Waals surface area contributed by atoms with Crippen LogP contribution in [0.2, 0.25) is 0 Å². The van der Waals surface area contributed by atoms with Crippen molar-refractivity contribution in [2.75, 3.05) is 5.75 Å². The molecule has 10 nitrogen and oxygen atoms in total. The smallest absolute Gasteiger partial charge is 0.326 e. The van der Waals surface area contributed by atoms with Crippen LogP contribution in [0, 0.1) is 6.92 Å². The predicted octanol–water partition coefficient (Wildman–Crippen LogP) is 0.143. The molecule has 0 aliphatic heterocycles. The van der Waals surface area contributed by atoms with E-state index >= 15 is 0 Å². The first-order valence-electron chi connectivity index (χ1n) is 9.69. The van der Waals surface area contributed by atoms with Crippen LogP contribution in [0.25, 0.3) is 0 Å². The molecule has 11 heteroatoms. The lowest BCUT2D eigenvalue weighted by molar-refractivity contribution is -0.142. The number of nitrogens with one attached hydrogen (secondary N) is 2. The number of carboxylic acid groups (broad SMARTS) is 2. The molecule has 0 radical (unpaired) electrons. The second kappa shape index (κ2) is 12.9. The zero-order chi connectivity index (χ0) is 22.7. The fourth-order valence-corrected chi connectivity index (χ4v) is 3.04. The minimum atomic E-state index is -1.22. The van der Waals surface area contributed by atoms with Crippen LogP contribution < -0.4 is 16.4 Å². The Morgan fingerprint density at radius 2 is 1.80 bits per heavy atom. The number of hydrogen-bond donors (Lipinski definition) is 6. The second-order valence-electron chi connectivity index (χ2n) is 7.02. The van der Waals surface area contributed by atoms with Crippen molar-refractivity contribution >= 4 is 36.4 Å². The van der Waals surface area contributed by atoms with Crippen LogP contribution in [0.4, 0.5) is 0 Å². The number of amides is 2. The van der Waals surface area contributed by atoms with Crippen molar-refractivity contribution in [2.45, 2.75) is 63.7 Å². The van der Waals surface area contributed by atoms with E-state index in [4.69, 9.17) is 10.8 Å². The van der Waals surface area contributed by atoms with Gasteiger partial charge in [-0.05, 0) is 44.7 Å². The van der Waals surface area contributed by atoms with Crippen molar-refractivity contribution in [1.29, 1.82) is 0 Å². The number of thiol groups is 1. The summed E-state index contributed by atoms with van der Waals surface area (Å²) in [6.45, 7) is 2.74. The molecular formula is C19H30N4O6S. The molecule has 0 fully saturated rings. The van der Waals surface area contributed by atoms with E-state index in [2.05, 4.69) is 27.8 Å². The number of unbranched alkanes of at least 4 members (excludes halogenated alkanes) is 1. The van der Waals surface area contributed by atoms with Crippen molar-refractivity contribution in [1.82, 2.24) is 15.2 Å². The molecule has 0 saturated heterocycles. The Hall–Kier alpha value is -2.53. The van der Waals surface area contributed by atoms with Crippen LogP contribution >= 0.6 is 12.6 Å². The number of nitrogens with zero attached hydrogens (tertiary/aromatic N) is 1. The fraction of sp³-hybridized carbons (Fsp3) is 0.579. The summed E-state index contributed by atoms with van der Waals surface area (Å²) in [4.78, 5) is 46.5. The van der Waals surface area contributed by atoms with E-state index in [0.717, 1.165) is 18.7 Å². The average molecular weight is 443 g/mol. The number of carbonyl (C=O) groups is 4. The number of aliphatic carboxylic acids is 2. The maximum absolute atomic E-state index is 12.4. The lowest BCUT2D eigenvalue weighted by atomic mass is 10.1. The van der Waals surface area contributed by atoms with Gasteiger partial charge in [-0.3, -0.25) is 14.4 Å². The quantitative estimate of drug-likeness (QED) is 0.176. The minimum Gasteiger partial charge on any atom is -0.480 e. The van der Waals surface area contributed by atoms with Crippen LogP contribution in [0.5, 0.6) is 0 Å². The molecule has 1 heterocycles. The van der Waals surface area contributed by atoms with Gasteiger partial charge in [0.2, 0.25) is 11.8 Å². The molecule has 3 atom stereocenters. The van der Waals surface area contributed by atoms with Gasteiger partial charge in [0.15, 0.2) is 0 Å². The predicted molar refractivity (Wildman–Crippen MR) is 113 cm³/mol. The maximum atomic E-state index is 12.4. The van der Waals surface area contributed by atoms with E-state index in [0.29, 0.717) is 6.42 Å². The molecule has 0 aliphatic rings. The van der Waals surface area contributed by atoms with Gasteiger partial charge in [-0.15, -0.1) is 0 Å². The zero-order valence-electron chi connectivity index (χ0n) is 16.9. The topological polar surface area (TPSA) is 164 Å². The summed E-state index contributed by atoms with van der Waals surface area (Å²) < 4.78 is 2.07. The summed E-state index contributed by atoms with van der Waals surface area (Å²) >= 11 is 4.03. The van der Waals surface area contributed by atoms with Crippen molar-refractivity contribution in [3.63, 3.8) is 0 Å². The van der Waals surface area contributed by atoms with Crippen molar-refractivity contribution in [3.8, 4) is 0 Å². The molecule has 2 amide bonds. The molecule has 1 aromatic heterocycles. The lowest BCUT2D eigenvalue weighted by Crippen LogP contribution is -2.52. The van der Waals surface area contributed by atoms with E-state index in [1.807, 2.05) is 25.3 Å². The van der Waals surface area contributed by atoms with Gasteiger partial charge in [0.1, 0.15) is 18.1 Å². The first-order chi connectivity index (χ1) is 14.1. The van der Waals surface area contributed by atoms with E-state index < -0.39 is 41.9 Å². The number of carbonyl (C=O) groups excluding carboxylic acids is 2. The number of rotatable bonds is 14. The van der Waals surface area contributed by atoms with E-state index in [9.17, 15) is 24.3 Å². The maximum Gasteiger partial charge on any atom is 0.326 e. The van der Waals surface area contributed by atoms with Crippen LogP contribution in [0.15, 0.2) is 18.3 Å². The normalized spacial score (nSPS) is 13.8. The Kier molecular flexibility index (Phi) is 11.0. The summed E-state index contributed by atoms with van der Waals surface area (Å²) in [6.07, 6.45) is 3.30. The highest BCUT2D eigenvalue weighted by Gasteiger charge is 2.25. The molecule has 0 bridgehead atoms. The molecule has 0 saturated carbocycles. The Balaban J connectivity index is 2.48. The van der Waals surface area contributed by atoms with Crippen molar-refractivity contribution in [3.05, 3.63) is 24.0 Å². The third-order valence-electron chi connectivity index (χ3n) is 4.65. The first-order valence-corrected chi connectivity index (χ1v) is 10.3. The standard InChI is InChI=1S/C19H30N4O6S/c1-12-5-4-10-23(12)9-3-2-6-14(19(28)29)22-17(25)15(11-30)21-16(24)8-7-13(20)18(26)27/h4-5,10,13-15,30H,2-3,6-9,11,20H2,1H3,(H,21,24)(H,22,25)(H,26,27)(H,28,29). The van der Waals surface area contributed by atoms with Crippen LogP contribution in [0.1, 0.15) is 37.8 Å². The van der Waals surface area contributed by atoms with Gasteiger partial charge in [0.05, 0.1) is 0 Å². The van der Waals surface area contributed by atoms with Gasteiger partial charge in [-0.25, -0.2) is 4.79 Å². The minimum absolute atomic E-state index is 0.0399. The highest BCUT2D eigenvalue weighted by molar-refractivity contribution is 7.80. The third kappa shape index (κ3) is 8.87. The van der Waals surface area contributed by atoms with Crippen LogP contribution in [0.3, 0.4) is 0 Å². The molecule has 3 unspecified atom stereocenters. The van der Waals surface area contributed by atoms with Gasteiger partial charge < -0.3 is 31.1 Å². The Morgan fingerprint density at radius 3 is 2.33 bits per heavy atom. The molecule has 1 rings (SSSR count). The Labute approximate surface area is 180 Å². The molecule has 1 aromatic rings. The summed E-state index contributed by atoms with van der Waals surface area (Å²) in [6, 6.07) is 0.637. The number of hydrogen-bond acceptors (Lipinski definition) is 6. The molecule has 0 aromatic carbocycles. The number of aryl methyl sites for hydroxylation is 2. The third-order valence-corrected chi connectivity index (χ3v) is 5.01. The van der Waals surface area contributed by atoms with E-state index in [1.54, 1.807) is 0 Å². The number of aromatic nitrogens is 1. The van der Waals surface area contributed by atoms with Gasteiger partial charge in [-0.1, -0.05) is 0 Å². The fourth-order valence-electron chi connectivity index (χ4n) is 2.78. The molecule has 30 heavy (non-hydrogen) atoms.